The largest absolute Gasteiger partial charge is 0.350 e. The molecule has 0 N–H and O–H groups in total. The number of carbonyl (C=O) groups excluding carboxylic acids is 1. The van der Waals surface area contributed by atoms with Crippen molar-refractivity contribution in [3.8, 4) is 0 Å². The van der Waals surface area contributed by atoms with Crippen molar-refractivity contribution >= 4 is 22.5 Å². The highest BCUT2D eigenvalue weighted by Gasteiger charge is 2.29. The number of hydrogen-bond acceptors (Lipinski definition) is 3. The quantitative estimate of drug-likeness (QED) is 0.552. The molecule has 0 bridgehead atoms. The van der Waals surface area contributed by atoms with Crippen molar-refractivity contribution in [3.05, 3.63) is 66.2 Å². The maximum Gasteiger partial charge on any atom is 0.256 e. The zero-order valence-corrected chi connectivity index (χ0v) is 15.2. The molecule has 0 spiro atoms. The first-order valence-corrected chi connectivity index (χ1v) is 9.35. The summed E-state index contributed by atoms with van der Waals surface area (Å²) in [7, 11) is 1.99. The van der Waals surface area contributed by atoms with Gasteiger partial charge in [-0.2, -0.15) is 0 Å². The number of para-hydroxylation sites is 1. The molecule has 0 unspecified atom stereocenters. The first kappa shape index (κ1) is 16.1. The van der Waals surface area contributed by atoms with Gasteiger partial charge in [0.2, 0.25) is 0 Å². The molecule has 4 aromatic rings. The molecule has 1 atom stereocenters. The van der Waals surface area contributed by atoms with E-state index in [1.54, 1.807) is 0 Å². The Morgan fingerprint density at radius 1 is 1.11 bits per heavy atom. The highest BCUT2D eigenvalue weighted by molar-refractivity contribution is 6.07. The molecule has 1 amide bonds. The molecular weight excluding hydrogens is 338 g/mol. The smallest absolute Gasteiger partial charge is 0.256 e. The molecule has 3 aromatic heterocycles. The summed E-state index contributed by atoms with van der Waals surface area (Å²) in [5.41, 5.74) is 2.71. The van der Waals surface area contributed by atoms with E-state index in [0.29, 0.717) is 6.54 Å². The number of likely N-dealkylation sites (tertiary alicyclic amines) is 1. The third-order valence-electron chi connectivity index (χ3n) is 5.54. The minimum Gasteiger partial charge on any atom is -0.350 e. The van der Waals surface area contributed by atoms with Crippen LogP contribution in [-0.2, 0) is 7.05 Å². The van der Waals surface area contributed by atoms with E-state index >= 15 is 0 Å². The predicted octanol–water partition coefficient (Wildman–Crippen LogP) is 3.24. The van der Waals surface area contributed by atoms with Gasteiger partial charge in [0.1, 0.15) is 5.82 Å². The van der Waals surface area contributed by atoms with Crippen molar-refractivity contribution in [2.45, 2.75) is 18.8 Å². The third kappa shape index (κ3) is 2.60. The van der Waals surface area contributed by atoms with Crippen molar-refractivity contribution in [1.82, 2.24) is 24.1 Å². The molecule has 6 nitrogen and oxygen atoms in total. The van der Waals surface area contributed by atoms with Crippen LogP contribution in [0.5, 0.6) is 0 Å². The van der Waals surface area contributed by atoms with E-state index < -0.39 is 0 Å². The van der Waals surface area contributed by atoms with Gasteiger partial charge in [-0.15, -0.1) is 10.2 Å². The number of hydrogen-bond donors (Lipinski definition) is 0. The summed E-state index contributed by atoms with van der Waals surface area (Å²) in [6.45, 7) is 1.47. The van der Waals surface area contributed by atoms with Gasteiger partial charge in [-0.3, -0.25) is 9.20 Å². The number of aryl methyl sites for hydroxylation is 1. The summed E-state index contributed by atoms with van der Waals surface area (Å²) in [5.74, 6) is 1.25. The molecule has 0 radical (unpaired) electrons. The molecule has 1 fully saturated rings. The average Bonchev–Trinajstić information content (AvgIpc) is 3.29. The van der Waals surface area contributed by atoms with Crippen LogP contribution >= 0.6 is 0 Å². The van der Waals surface area contributed by atoms with Crippen molar-refractivity contribution in [1.29, 1.82) is 0 Å². The Labute approximate surface area is 157 Å². The fraction of sp³-hybridized carbons (Fsp3) is 0.286. The maximum atomic E-state index is 13.3. The average molecular weight is 359 g/mol. The molecule has 0 aliphatic carbocycles. The number of aromatic nitrogens is 4. The molecule has 136 valence electrons. The van der Waals surface area contributed by atoms with E-state index in [2.05, 4.69) is 10.2 Å². The number of pyridine rings is 1. The standard InChI is InChI=1S/C21H21N5O/c1-24-14-17(16-8-2-3-9-18(16)24)21(27)25-11-6-7-15(13-25)20-23-22-19-10-4-5-12-26(19)20/h2-5,8-10,12,14-15H,6-7,11,13H2,1H3/t15-/m1/s1. The number of carbonyl (C=O) groups is 1. The zero-order valence-electron chi connectivity index (χ0n) is 15.2. The Hall–Kier alpha value is -3.15. The molecule has 1 aliphatic rings. The third-order valence-corrected chi connectivity index (χ3v) is 5.54. The molecular formula is C21H21N5O. The molecule has 0 saturated carbocycles. The van der Waals surface area contributed by atoms with Crippen molar-refractivity contribution < 1.29 is 4.79 Å². The molecule has 1 aliphatic heterocycles. The summed E-state index contributed by atoms with van der Waals surface area (Å²) >= 11 is 0. The number of fused-ring (bicyclic) bond motifs is 2. The van der Waals surface area contributed by atoms with Crippen molar-refractivity contribution in [2.24, 2.45) is 7.05 Å². The number of nitrogens with zero attached hydrogens (tertiary/aromatic N) is 5. The Kier molecular flexibility index (Phi) is 3.70. The van der Waals surface area contributed by atoms with E-state index in [1.165, 1.54) is 0 Å². The fourth-order valence-corrected chi connectivity index (χ4v) is 4.19. The minimum atomic E-state index is 0.102. The summed E-state index contributed by atoms with van der Waals surface area (Å²) in [5, 5.41) is 9.70. The van der Waals surface area contributed by atoms with Crippen LogP contribution in [-0.4, -0.2) is 43.1 Å². The maximum absolute atomic E-state index is 13.3. The fourth-order valence-electron chi connectivity index (χ4n) is 4.19. The molecule has 27 heavy (non-hydrogen) atoms. The number of rotatable bonds is 2. The summed E-state index contributed by atoms with van der Waals surface area (Å²) in [6, 6.07) is 14.0. The van der Waals surface area contributed by atoms with Gasteiger partial charge in [0, 0.05) is 49.4 Å². The second kappa shape index (κ2) is 6.23. The van der Waals surface area contributed by atoms with Crippen LogP contribution in [0.1, 0.15) is 34.9 Å². The summed E-state index contributed by atoms with van der Waals surface area (Å²) in [4.78, 5) is 15.2. The molecule has 1 saturated heterocycles. The lowest BCUT2D eigenvalue weighted by atomic mass is 9.96. The van der Waals surface area contributed by atoms with Crippen LogP contribution < -0.4 is 0 Å². The Morgan fingerprint density at radius 2 is 1.96 bits per heavy atom. The first-order valence-electron chi connectivity index (χ1n) is 9.35. The lowest BCUT2D eigenvalue weighted by Gasteiger charge is -2.32. The molecule has 6 heteroatoms. The molecule has 1 aromatic carbocycles. The topological polar surface area (TPSA) is 55.4 Å². The van der Waals surface area contributed by atoms with Gasteiger partial charge in [-0.05, 0) is 31.0 Å². The van der Waals surface area contributed by atoms with Crippen LogP contribution in [0.15, 0.2) is 54.9 Å². The van der Waals surface area contributed by atoms with E-state index in [4.69, 9.17) is 0 Å². The van der Waals surface area contributed by atoms with E-state index in [1.807, 2.05) is 75.8 Å². The van der Waals surface area contributed by atoms with Gasteiger partial charge >= 0.3 is 0 Å². The normalized spacial score (nSPS) is 17.7. The first-order chi connectivity index (χ1) is 13.2. The SMILES string of the molecule is Cn1cc(C(=O)N2CCC[C@@H](c3nnc4ccccn34)C2)c2ccccc21. The van der Waals surface area contributed by atoms with Crippen LogP contribution in [0.4, 0.5) is 0 Å². The van der Waals surface area contributed by atoms with Crippen molar-refractivity contribution in [3.63, 3.8) is 0 Å². The Balaban J connectivity index is 1.46. The molecule has 4 heterocycles. The molecule has 5 rings (SSSR count). The van der Waals surface area contributed by atoms with Gasteiger partial charge < -0.3 is 9.47 Å². The number of piperidine rings is 1. The predicted molar refractivity (Wildman–Crippen MR) is 104 cm³/mol. The Bertz CT molecular complexity index is 1140. The van der Waals surface area contributed by atoms with Crippen molar-refractivity contribution in [2.75, 3.05) is 13.1 Å². The van der Waals surface area contributed by atoms with Gasteiger partial charge in [-0.1, -0.05) is 24.3 Å². The second-order valence-corrected chi connectivity index (χ2v) is 7.25. The Morgan fingerprint density at radius 3 is 2.89 bits per heavy atom. The lowest BCUT2D eigenvalue weighted by molar-refractivity contribution is 0.0706. The van der Waals surface area contributed by atoms with Crippen LogP contribution in [0.2, 0.25) is 0 Å². The van der Waals surface area contributed by atoms with Crippen LogP contribution in [0, 0.1) is 0 Å². The van der Waals surface area contributed by atoms with Gasteiger partial charge in [0.25, 0.3) is 5.91 Å². The lowest BCUT2D eigenvalue weighted by Crippen LogP contribution is -2.39. The highest BCUT2D eigenvalue weighted by atomic mass is 16.2. The minimum absolute atomic E-state index is 0.102. The summed E-state index contributed by atoms with van der Waals surface area (Å²) < 4.78 is 4.06. The zero-order chi connectivity index (χ0) is 18.4. The van der Waals surface area contributed by atoms with Crippen LogP contribution in [0.3, 0.4) is 0 Å². The van der Waals surface area contributed by atoms with E-state index in [9.17, 15) is 4.79 Å². The van der Waals surface area contributed by atoms with Gasteiger partial charge in [0.15, 0.2) is 5.65 Å². The van der Waals surface area contributed by atoms with Gasteiger partial charge in [0.05, 0.1) is 5.56 Å². The van der Waals surface area contributed by atoms with Crippen LogP contribution in [0.25, 0.3) is 16.6 Å². The highest BCUT2D eigenvalue weighted by Crippen LogP contribution is 2.29. The van der Waals surface area contributed by atoms with Gasteiger partial charge in [-0.25, -0.2) is 0 Å². The van der Waals surface area contributed by atoms with E-state index in [-0.39, 0.29) is 11.8 Å². The summed E-state index contributed by atoms with van der Waals surface area (Å²) in [6.07, 6.45) is 5.94. The number of amides is 1. The monoisotopic (exact) mass is 359 g/mol. The second-order valence-electron chi connectivity index (χ2n) is 7.25. The van der Waals surface area contributed by atoms with E-state index in [0.717, 1.165) is 47.3 Å². The number of benzene rings is 1.